The van der Waals surface area contributed by atoms with E-state index in [9.17, 15) is 4.39 Å². The first-order valence-corrected chi connectivity index (χ1v) is 5.99. The van der Waals surface area contributed by atoms with E-state index in [1.54, 1.807) is 0 Å². The Labute approximate surface area is 105 Å². The molecule has 0 bridgehead atoms. The highest BCUT2D eigenvalue weighted by atomic mass is 19.1. The van der Waals surface area contributed by atoms with Crippen LogP contribution < -0.4 is 10.2 Å². The van der Waals surface area contributed by atoms with Crippen molar-refractivity contribution >= 4 is 12.6 Å². The zero-order valence-electron chi connectivity index (χ0n) is 10.2. The molecule has 0 spiro atoms. The van der Waals surface area contributed by atoms with Gasteiger partial charge in [0.1, 0.15) is 18.2 Å². The summed E-state index contributed by atoms with van der Waals surface area (Å²) < 4.78 is 24.2. The first-order valence-electron chi connectivity index (χ1n) is 5.99. The fourth-order valence-electron chi connectivity index (χ4n) is 2.01. The minimum atomic E-state index is -1.70. The van der Waals surface area contributed by atoms with Crippen LogP contribution in [-0.4, -0.2) is 36.0 Å². The third-order valence-electron chi connectivity index (χ3n) is 2.95. The maximum Gasteiger partial charge on any atom is 0.488 e. The highest BCUT2D eigenvalue weighted by molar-refractivity contribution is 6.58. The van der Waals surface area contributed by atoms with Gasteiger partial charge in [0.15, 0.2) is 0 Å². The highest BCUT2D eigenvalue weighted by Crippen LogP contribution is 2.20. The first kappa shape index (κ1) is 13.3. The Hall–Kier alpha value is -1.11. The Morgan fingerprint density at radius 1 is 1.39 bits per heavy atom. The second-order valence-corrected chi connectivity index (χ2v) is 4.55. The summed E-state index contributed by atoms with van der Waals surface area (Å²) in [5.74, 6) is -0.280. The van der Waals surface area contributed by atoms with E-state index in [0.717, 1.165) is 18.9 Å². The van der Waals surface area contributed by atoms with E-state index in [1.165, 1.54) is 12.1 Å². The number of hydrogen-bond acceptors (Lipinski definition) is 4. The molecule has 1 aromatic rings. The Kier molecular flexibility index (Phi) is 4.21. The number of hydrogen-bond donors (Lipinski definition) is 2. The zero-order chi connectivity index (χ0) is 13.1. The molecule has 18 heavy (non-hydrogen) atoms. The summed E-state index contributed by atoms with van der Waals surface area (Å²) in [6.45, 7) is 2.34. The first-order chi connectivity index (χ1) is 8.54. The molecule has 0 amide bonds. The lowest BCUT2D eigenvalue weighted by Gasteiger charge is -2.13. The lowest BCUT2D eigenvalue weighted by atomic mass is 9.80. The Morgan fingerprint density at radius 3 is 2.78 bits per heavy atom. The van der Waals surface area contributed by atoms with Crippen LogP contribution in [0.1, 0.15) is 19.8 Å². The van der Waals surface area contributed by atoms with E-state index < -0.39 is 12.9 Å². The van der Waals surface area contributed by atoms with Gasteiger partial charge in [0.2, 0.25) is 0 Å². The summed E-state index contributed by atoms with van der Waals surface area (Å²) >= 11 is 0. The molecule has 0 saturated carbocycles. The van der Waals surface area contributed by atoms with Crippen molar-refractivity contribution < 1.29 is 23.9 Å². The van der Waals surface area contributed by atoms with Gasteiger partial charge in [-0.25, -0.2) is 4.39 Å². The molecule has 0 aliphatic carbocycles. The number of ether oxygens (including phenoxy) is 2. The minimum absolute atomic E-state index is 0.0192. The maximum atomic E-state index is 13.2. The molecule has 2 unspecified atom stereocenters. The highest BCUT2D eigenvalue weighted by Gasteiger charge is 2.22. The monoisotopic (exact) mass is 254 g/mol. The molecule has 2 rings (SSSR count). The molecule has 1 aromatic carbocycles. The summed E-state index contributed by atoms with van der Waals surface area (Å²) in [5, 5.41) is 18.0. The van der Waals surface area contributed by atoms with Gasteiger partial charge in [-0.15, -0.1) is 0 Å². The molecule has 2 atom stereocenters. The van der Waals surface area contributed by atoms with Crippen molar-refractivity contribution in [3.63, 3.8) is 0 Å². The van der Waals surface area contributed by atoms with Gasteiger partial charge in [0.25, 0.3) is 0 Å². The molecule has 0 aromatic heterocycles. The second-order valence-electron chi connectivity index (χ2n) is 4.55. The molecule has 1 fully saturated rings. The van der Waals surface area contributed by atoms with Crippen molar-refractivity contribution in [3.05, 3.63) is 24.0 Å². The largest absolute Gasteiger partial charge is 0.491 e. The van der Waals surface area contributed by atoms with Gasteiger partial charge in [-0.1, -0.05) is 0 Å². The fraction of sp³-hybridized carbons (Fsp3) is 0.500. The molecular weight excluding hydrogens is 238 g/mol. The van der Waals surface area contributed by atoms with Crippen molar-refractivity contribution in [2.45, 2.75) is 32.0 Å². The van der Waals surface area contributed by atoms with Crippen molar-refractivity contribution in [2.75, 3.05) is 6.61 Å². The lowest BCUT2D eigenvalue weighted by molar-refractivity contribution is 0.0264. The summed E-state index contributed by atoms with van der Waals surface area (Å²) in [7, 11) is -1.70. The SMILES string of the molecule is CC1CCC(COc2cc(F)cc(B(O)O)c2)O1. The van der Waals surface area contributed by atoms with Crippen LogP contribution in [0.4, 0.5) is 4.39 Å². The molecule has 0 radical (unpaired) electrons. The third-order valence-corrected chi connectivity index (χ3v) is 2.95. The van der Waals surface area contributed by atoms with Gasteiger partial charge >= 0.3 is 7.12 Å². The van der Waals surface area contributed by atoms with Crippen LogP contribution in [0, 0.1) is 5.82 Å². The van der Waals surface area contributed by atoms with Crippen LogP contribution in [0.2, 0.25) is 0 Å². The van der Waals surface area contributed by atoms with Crippen molar-refractivity contribution in [3.8, 4) is 5.75 Å². The molecule has 98 valence electrons. The van der Waals surface area contributed by atoms with Crippen molar-refractivity contribution in [1.82, 2.24) is 0 Å². The predicted octanol–water partition coefficient (Wildman–Crippen LogP) is 0.452. The number of halogens is 1. The zero-order valence-corrected chi connectivity index (χ0v) is 10.2. The van der Waals surface area contributed by atoms with E-state index >= 15 is 0 Å². The summed E-state index contributed by atoms with van der Waals surface area (Å²) in [4.78, 5) is 0. The second kappa shape index (κ2) is 5.69. The third kappa shape index (κ3) is 3.44. The molecule has 1 saturated heterocycles. The minimum Gasteiger partial charge on any atom is -0.491 e. The average molecular weight is 254 g/mol. The van der Waals surface area contributed by atoms with Gasteiger partial charge < -0.3 is 19.5 Å². The van der Waals surface area contributed by atoms with Crippen molar-refractivity contribution in [2.24, 2.45) is 0 Å². The molecule has 1 heterocycles. The van der Waals surface area contributed by atoms with Crippen molar-refractivity contribution in [1.29, 1.82) is 0 Å². The molecule has 1 aliphatic rings. The molecule has 2 N–H and O–H groups in total. The summed E-state index contributed by atoms with van der Waals surface area (Å²) in [6, 6.07) is 3.68. The van der Waals surface area contributed by atoms with Gasteiger partial charge in [0, 0.05) is 6.07 Å². The van der Waals surface area contributed by atoms with E-state index in [2.05, 4.69) is 0 Å². The van der Waals surface area contributed by atoms with Gasteiger partial charge in [-0.2, -0.15) is 0 Å². The van der Waals surface area contributed by atoms with Crippen LogP contribution in [0.25, 0.3) is 0 Å². The average Bonchev–Trinajstić information content (AvgIpc) is 2.72. The van der Waals surface area contributed by atoms with Crippen LogP contribution in [-0.2, 0) is 4.74 Å². The predicted molar refractivity (Wildman–Crippen MR) is 65.3 cm³/mol. The normalized spacial score (nSPS) is 23.1. The van der Waals surface area contributed by atoms with Crippen LogP contribution >= 0.6 is 0 Å². The fourth-order valence-corrected chi connectivity index (χ4v) is 2.01. The molecular formula is C12H16BFO4. The van der Waals surface area contributed by atoms with E-state index in [0.29, 0.717) is 6.61 Å². The maximum absolute atomic E-state index is 13.2. The topological polar surface area (TPSA) is 58.9 Å². The Balaban J connectivity index is 1.96. The molecule has 6 heteroatoms. The van der Waals surface area contributed by atoms with Crippen LogP contribution in [0.3, 0.4) is 0 Å². The van der Waals surface area contributed by atoms with Gasteiger partial charge in [0.05, 0.1) is 12.2 Å². The van der Waals surface area contributed by atoms with Crippen LogP contribution in [0.5, 0.6) is 5.75 Å². The van der Waals surface area contributed by atoms with Gasteiger partial charge in [-0.05, 0) is 37.4 Å². The molecule has 4 nitrogen and oxygen atoms in total. The number of benzene rings is 1. The van der Waals surface area contributed by atoms with E-state index in [-0.39, 0.29) is 23.4 Å². The lowest BCUT2D eigenvalue weighted by Crippen LogP contribution is -2.30. The summed E-state index contributed by atoms with van der Waals surface area (Å²) in [5.41, 5.74) is 0.0747. The Morgan fingerprint density at radius 2 is 2.17 bits per heavy atom. The smallest absolute Gasteiger partial charge is 0.488 e. The molecule has 1 aliphatic heterocycles. The standard InChI is InChI=1S/C12H16BFO4/c1-8-2-3-11(18-8)7-17-12-5-9(13(15)16)4-10(14)6-12/h4-6,8,11,15-16H,2-3,7H2,1H3. The van der Waals surface area contributed by atoms with Crippen LogP contribution in [0.15, 0.2) is 18.2 Å². The van der Waals surface area contributed by atoms with E-state index in [4.69, 9.17) is 19.5 Å². The Bertz CT molecular complexity index is 413. The van der Waals surface area contributed by atoms with E-state index in [1.807, 2.05) is 6.92 Å². The van der Waals surface area contributed by atoms with Gasteiger partial charge in [-0.3, -0.25) is 0 Å². The summed E-state index contributed by atoms with van der Waals surface area (Å²) in [6.07, 6.45) is 2.18. The quantitative estimate of drug-likeness (QED) is 0.766. The number of rotatable bonds is 4.